The maximum absolute atomic E-state index is 14.6. The lowest BCUT2D eigenvalue weighted by molar-refractivity contribution is -0.151. The first kappa shape index (κ1) is 23.8. The molecule has 2 aromatic carbocycles. The summed E-state index contributed by atoms with van der Waals surface area (Å²) >= 11 is 0. The Balaban J connectivity index is 1.72. The summed E-state index contributed by atoms with van der Waals surface area (Å²) in [5, 5.41) is 10.1. The van der Waals surface area contributed by atoms with E-state index >= 15 is 0 Å². The second kappa shape index (κ2) is 8.80. The fraction of sp³-hybridized carbons (Fsp3) is 0.480. The van der Waals surface area contributed by atoms with Crippen molar-refractivity contribution in [3.05, 3.63) is 65.2 Å². The van der Waals surface area contributed by atoms with Crippen molar-refractivity contribution in [1.82, 2.24) is 0 Å². The summed E-state index contributed by atoms with van der Waals surface area (Å²) in [6.45, 7) is 1.97. The molecule has 0 radical (unpaired) electrons. The van der Waals surface area contributed by atoms with Crippen LogP contribution in [0.1, 0.15) is 56.6 Å². The highest BCUT2D eigenvalue weighted by molar-refractivity contribution is 7.91. The lowest BCUT2D eigenvalue weighted by atomic mass is 9.63. The zero-order valence-electron chi connectivity index (χ0n) is 18.5. The molecule has 0 unspecified atom stereocenters. The third-order valence-electron chi connectivity index (χ3n) is 7.15. The maximum Gasteiger partial charge on any atom is 0.314 e. The van der Waals surface area contributed by atoms with Crippen molar-refractivity contribution in [3.8, 4) is 0 Å². The smallest absolute Gasteiger partial charge is 0.314 e. The standard InChI is InChI=1S/C25H28F2O5S/c1-2-33(30,31)22-14-19(13-21(27)15-22)25(32-16-17-3-4-17)11-9-24(10-12-25,23(28)29)18-5-7-20(26)8-6-18/h5-8,13-15,17H,2-4,9-12,16H2,1H3,(H,28,29)/t24-,25+. The van der Waals surface area contributed by atoms with Crippen molar-refractivity contribution in [2.24, 2.45) is 5.92 Å². The summed E-state index contributed by atoms with van der Waals surface area (Å²) in [7, 11) is -3.64. The van der Waals surface area contributed by atoms with E-state index in [1.54, 1.807) is 0 Å². The van der Waals surface area contributed by atoms with E-state index in [0.29, 0.717) is 23.7 Å². The summed E-state index contributed by atoms with van der Waals surface area (Å²) in [4.78, 5) is 12.3. The van der Waals surface area contributed by atoms with Gasteiger partial charge in [0.05, 0.1) is 28.3 Å². The molecule has 2 fully saturated rings. The van der Waals surface area contributed by atoms with Crippen molar-refractivity contribution < 1.29 is 31.8 Å². The molecule has 5 nitrogen and oxygen atoms in total. The van der Waals surface area contributed by atoms with Crippen molar-refractivity contribution in [2.45, 2.75) is 61.4 Å². The fourth-order valence-corrected chi connectivity index (χ4v) is 5.66. The number of hydrogen-bond donors (Lipinski definition) is 1. The van der Waals surface area contributed by atoms with E-state index in [2.05, 4.69) is 0 Å². The van der Waals surface area contributed by atoms with Gasteiger partial charge in [-0.15, -0.1) is 0 Å². The minimum atomic E-state index is -3.64. The van der Waals surface area contributed by atoms with Gasteiger partial charge in [-0.2, -0.15) is 0 Å². The molecule has 2 saturated carbocycles. The summed E-state index contributed by atoms with van der Waals surface area (Å²) in [5.41, 5.74) is -1.26. The number of carboxylic acids is 1. The number of hydrogen-bond acceptors (Lipinski definition) is 4. The highest BCUT2D eigenvalue weighted by Gasteiger charge is 2.50. The predicted octanol–water partition coefficient (Wildman–Crippen LogP) is 4.98. The number of halogens is 2. The van der Waals surface area contributed by atoms with Crippen LogP contribution in [0.4, 0.5) is 8.78 Å². The Morgan fingerprint density at radius 1 is 1.00 bits per heavy atom. The molecular formula is C25H28F2O5S. The van der Waals surface area contributed by atoms with Gasteiger partial charge in [0.1, 0.15) is 11.6 Å². The van der Waals surface area contributed by atoms with Crippen LogP contribution in [0.25, 0.3) is 0 Å². The van der Waals surface area contributed by atoms with Crippen molar-refractivity contribution >= 4 is 15.8 Å². The van der Waals surface area contributed by atoms with Crippen LogP contribution in [-0.2, 0) is 30.4 Å². The van der Waals surface area contributed by atoms with Gasteiger partial charge in [-0.05, 0) is 85.9 Å². The minimum Gasteiger partial charge on any atom is -0.481 e. The van der Waals surface area contributed by atoms with Crippen LogP contribution in [-0.4, -0.2) is 31.9 Å². The zero-order chi connectivity index (χ0) is 23.9. The predicted molar refractivity (Wildman–Crippen MR) is 119 cm³/mol. The van der Waals surface area contributed by atoms with E-state index in [1.807, 2.05) is 0 Å². The van der Waals surface area contributed by atoms with E-state index in [0.717, 1.165) is 18.9 Å². The summed E-state index contributed by atoms with van der Waals surface area (Å²) < 4.78 is 59.3. The van der Waals surface area contributed by atoms with Crippen LogP contribution in [0.5, 0.6) is 0 Å². The number of aliphatic carboxylic acids is 1. The Bertz CT molecular complexity index is 1130. The SMILES string of the molecule is CCS(=O)(=O)c1cc(F)cc([C@]2(OCC3CC3)CC[C@](C(=O)O)(c3ccc(F)cc3)CC2)c1. The van der Waals surface area contributed by atoms with Gasteiger partial charge in [0.25, 0.3) is 0 Å². The van der Waals surface area contributed by atoms with Crippen LogP contribution in [0.15, 0.2) is 47.4 Å². The van der Waals surface area contributed by atoms with E-state index in [4.69, 9.17) is 4.74 Å². The zero-order valence-corrected chi connectivity index (χ0v) is 19.3. The average molecular weight is 479 g/mol. The van der Waals surface area contributed by atoms with E-state index in [-0.39, 0.29) is 36.3 Å². The van der Waals surface area contributed by atoms with Crippen molar-refractivity contribution in [3.63, 3.8) is 0 Å². The molecule has 8 heteroatoms. The first-order valence-electron chi connectivity index (χ1n) is 11.3. The van der Waals surface area contributed by atoms with Crippen LogP contribution in [0.2, 0.25) is 0 Å². The molecule has 2 aliphatic carbocycles. The highest BCUT2D eigenvalue weighted by atomic mass is 32.2. The van der Waals surface area contributed by atoms with Gasteiger partial charge < -0.3 is 9.84 Å². The Hall–Kier alpha value is -2.32. The van der Waals surface area contributed by atoms with Gasteiger partial charge in [0, 0.05) is 0 Å². The summed E-state index contributed by atoms with van der Waals surface area (Å²) in [5.74, 6) is -1.85. The molecule has 1 N–H and O–H groups in total. The molecule has 33 heavy (non-hydrogen) atoms. The number of carbonyl (C=O) groups is 1. The van der Waals surface area contributed by atoms with Gasteiger partial charge >= 0.3 is 5.97 Å². The molecule has 2 aromatic rings. The topological polar surface area (TPSA) is 80.7 Å². The van der Waals surface area contributed by atoms with Gasteiger partial charge in [-0.3, -0.25) is 4.79 Å². The molecule has 0 amide bonds. The van der Waals surface area contributed by atoms with Crippen LogP contribution < -0.4 is 0 Å². The van der Waals surface area contributed by atoms with Gasteiger partial charge in [0.15, 0.2) is 9.84 Å². The van der Waals surface area contributed by atoms with Crippen molar-refractivity contribution in [2.75, 3.05) is 12.4 Å². The third-order valence-corrected chi connectivity index (χ3v) is 8.86. The second-order valence-corrected chi connectivity index (χ2v) is 11.5. The first-order chi connectivity index (χ1) is 15.6. The summed E-state index contributed by atoms with van der Waals surface area (Å²) in [6, 6.07) is 9.28. The van der Waals surface area contributed by atoms with Crippen LogP contribution in [0.3, 0.4) is 0 Å². The minimum absolute atomic E-state index is 0.0944. The lowest BCUT2D eigenvalue weighted by Crippen LogP contribution is -2.46. The van der Waals surface area contributed by atoms with Gasteiger partial charge in [-0.1, -0.05) is 19.1 Å². The number of ether oxygens (including phenoxy) is 1. The van der Waals surface area contributed by atoms with Gasteiger partial charge in [-0.25, -0.2) is 17.2 Å². The molecule has 0 spiro atoms. The molecule has 0 heterocycles. The molecule has 2 aliphatic rings. The number of rotatable bonds is 8. The Labute approximate surface area is 192 Å². The first-order valence-corrected chi connectivity index (χ1v) is 12.9. The number of sulfone groups is 1. The monoisotopic (exact) mass is 478 g/mol. The largest absolute Gasteiger partial charge is 0.481 e. The molecule has 0 atom stereocenters. The van der Waals surface area contributed by atoms with Crippen LogP contribution >= 0.6 is 0 Å². The normalized spacial score (nSPS) is 25.7. The molecule has 4 rings (SSSR count). The van der Waals surface area contributed by atoms with E-state index in [9.17, 15) is 27.1 Å². The fourth-order valence-electron chi connectivity index (χ4n) is 4.73. The van der Waals surface area contributed by atoms with Crippen LogP contribution in [0, 0.1) is 17.6 Å². The van der Waals surface area contributed by atoms with Crippen molar-refractivity contribution in [1.29, 1.82) is 0 Å². The Kier molecular flexibility index (Phi) is 6.35. The summed E-state index contributed by atoms with van der Waals surface area (Å²) in [6.07, 6.45) is 3.04. The number of carboxylic acid groups (broad SMARTS) is 1. The molecule has 0 saturated heterocycles. The quantitative estimate of drug-likeness (QED) is 0.579. The van der Waals surface area contributed by atoms with Gasteiger partial charge in [0.2, 0.25) is 0 Å². The van der Waals surface area contributed by atoms with E-state index < -0.39 is 38.5 Å². The molecule has 0 aromatic heterocycles. The molecular weight excluding hydrogens is 450 g/mol. The average Bonchev–Trinajstić information content (AvgIpc) is 3.63. The van der Waals surface area contributed by atoms with E-state index in [1.165, 1.54) is 43.3 Å². The Morgan fingerprint density at radius 2 is 1.64 bits per heavy atom. The number of benzene rings is 2. The highest BCUT2D eigenvalue weighted by Crippen LogP contribution is 2.50. The lowest BCUT2D eigenvalue weighted by Gasteiger charge is -2.45. The second-order valence-electron chi connectivity index (χ2n) is 9.22. The molecule has 0 aliphatic heterocycles. The third kappa shape index (κ3) is 4.68. The molecule has 0 bridgehead atoms. The Morgan fingerprint density at radius 3 is 2.18 bits per heavy atom. The molecule has 178 valence electrons. The maximum atomic E-state index is 14.6.